The van der Waals surface area contributed by atoms with Crippen molar-refractivity contribution in [2.75, 3.05) is 26.5 Å². The number of aldehydes is 1. The van der Waals surface area contributed by atoms with Gasteiger partial charge in [0, 0.05) is 34.1 Å². The first kappa shape index (κ1) is 37.7. The number of hydrogen-bond donors (Lipinski definition) is 4. The van der Waals surface area contributed by atoms with Crippen molar-refractivity contribution in [2.24, 2.45) is 0 Å². The highest BCUT2D eigenvalue weighted by Crippen LogP contribution is 2.43. The molecule has 0 aliphatic carbocycles. The van der Waals surface area contributed by atoms with Gasteiger partial charge in [-0.3, -0.25) is 14.4 Å². The van der Waals surface area contributed by atoms with Crippen molar-refractivity contribution in [3.63, 3.8) is 0 Å². The number of carbonyl (C=O) groups is 3. The Morgan fingerprint density at radius 3 is 1.92 bits per heavy atom. The molecule has 0 fully saturated rings. The van der Waals surface area contributed by atoms with Crippen LogP contribution in [-0.4, -0.2) is 76.3 Å². The minimum absolute atomic E-state index is 0.118. The molecular weight excluding hydrogens is 620 g/mol. The van der Waals surface area contributed by atoms with Crippen LogP contribution in [0, 0.1) is 11.6 Å². The van der Waals surface area contributed by atoms with Crippen molar-refractivity contribution in [2.45, 2.75) is 57.8 Å². The lowest BCUT2D eigenvalue weighted by Crippen LogP contribution is -2.22. The van der Waals surface area contributed by atoms with Crippen molar-refractivity contribution in [3.8, 4) is 22.3 Å². The molecule has 4 N–H and O–H groups in total. The summed E-state index contributed by atoms with van der Waals surface area (Å²) < 4.78 is 29.9. The molecule has 4 aromatic rings. The van der Waals surface area contributed by atoms with E-state index in [1.165, 1.54) is 30.3 Å². The largest absolute Gasteiger partial charge is 0.481 e. The predicted octanol–water partition coefficient (Wildman–Crippen LogP) is 6.44. The number of carboxylic acid groups (broad SMARTS) is 1. The molecule has 2 atom stereocenters. The normalized spacial score (nSPS) is 12.3. The number of aliphatic hydroxyl groups excluding tert-OH is 2. The number of amides is 1. The second-order valence-corrected chi connectivity index (χ2v) is 12.2. The van der Waals surface area contributed by atoms with Gasteiger partial charge < -0.3 is 30.1 Å². The molecule has 2 unspecified atom stereocenters. The number of halogens is 2. The lowest BCUT2D eigenvalue weighted by molar-refractivity contribution is -0.139. The lowest BCUT2D eigenvalue weighted by Gasteiger charge is -2.20. The van der Waals surface area contributed by atoms with E-state index in [9.17, 15) is 33.4 Å². The average Bonchev–Trinajstić information content (AvgIpc) is 3.35. The van der Waals surface area contributed by atoms with Gasteiger partial charge in [0.25, 0.3) is 5.91 Å². The summed E-state index contributed by atoms with van der Waals surface area (Å²) in [7, 11) is 6.00. The quantitative estimate of drug-likeness (QED) is 0.121. The Bertz CT molecular complexity index is 1680. The van der Waals surface area contributed by atoms with Crippen LogP contribution >= 0.6 is 0 Å². The van der Waals surface area contributed by atoms with Crippen LogP contribution in [-0.2, 0) is 11.2 Å². The zero-order valence-electron chi connectivity index (χ0n) is 27.8. The molecule has 9 nitrogen and oxygen atoms in total. The fourth-order valence-electron chi connectivity index (χ4n) is 5.40. The van der Waals surface area contributed by atoms with E-state index in [-0.39, 0.29) is 31.0 Å². The van der Waals surface area contributed by atoms with Crippen LogP contribution in [0.1, 0.15) is 65.7 Å². The number of carboxylic acids is 1. The molecule has 0 saturated heterocycles. The standard InChI is InChI=1S/C34H34F2N2O6.C3H9N/c1-20(2)38-29(15-14-27(40)17-28(41)18-30(42)43)31(22-6-10-24(35)11-7-22)32(23-8-12-25(36)13-9-23)33(38)34(44)37-26-5-3-4-21(16-26)19-39;1-4(2)3/h3-13,16,19-20,27-28,40-41H,14-15,17-18H2,1-2H3,(H,37,44)(H,42,43);1-3H3. The maximum Gasteiger partial charge on any atom is 0.305 e. The fraction of sp³-hybridized carbons (Fsp3) is 0.324. The summed E-state index contributed by atoms with van der Waals surface area (Å²) in [5.74, 6) is -2.62. The van der Waals surface area contributed by atoms with Crippen molar-refractivity contribution in [1.29, 1.82) is 0 Å². The lowest BCUT2D eigenvalue weighted by atomic mass is 9.92. The smallest absolute Gasteiger partial charge is 0.305 e. The summed E-state index contributed by atoms with van der Waals surface area (Å²) in [6.07, 6.45) is -1.98. The second kappa shape index (κ2) is 17.4. The van der Waals surface area contributed by atoms with E-state index < -0.39 is 42.1 Å². The van der Waals surface area contributed by atoms with E-state index in [4.69, 9.17) is 5.11 Å². The highest BCUT2D eigenvalue weighted by atomic mass is 19.1. The van der Waals surface area contributed by atoms with E-state index in [1.54, 1.807) is 42.5 Å². The van der Waals surface area contributed by atoms with Gasteiger partial charge in [-0.25, -0.2) is 8.78 Å². The van der Waals surface area contributed by atoms with Crippen LogP contribution in [0.5, 0.6) is 0 Å². The summed E-state index contributed by atoms with van der Waals surface area (Å²) in [5.41, 5.74) is 3.76. The van der Waals surface area contributed by atoms with Gasteiger partial charge in [0.1, 0.15) is 23.6 Å². The predicted molar refractivity (Wildman–Crippen MR) is 182 cm³/mol. The zero-order valence-corrected chi connectivity index (χ0v) is 27.8. The molecule has 256 valence electrons. The zero-order chi connectivity index (χ0) is 35.5. The third-order valence-electron chi connectivity index (χ3n) is 7.25. The molecule has 1 aromatic heterocycles. The Balaban J connectivity index is 0.00000148. The molecule has 4 rings (SSSR count). The minimum Gasteiger partial charge on any atom is -0.481 e. The number of nitrogens with one attached hydrogen (secondary N) is 1. The fourth-order valence-corrected chi connectivity index (χ4v) is 5.40. The summed E-state index contributed by atoms with van der Waals surface area (Å²) in [4.78, 5) is 38.5. The Labute approximate surface area is 279 Å². The summed E-state index contributed by atoms with van der Waals surface area (Å²) >= 11 is 0. The molecule has 11 heteroatoms. The number of aliphatic hydroxyl groups is 2. The van der Waals surface area contributed by atoms with Crippen molar-refractivity contribution >= 4 is 23.9 Å². The topological polar surface area (TPSA) is 132 Å². The molecule has 0 bridgehead atoms. The van der Waals surface area contributed by atoms with Gasteiger partial charge in [-0.15, -0.1) is 0 Å². The van der Waals surface area contributed by atoms with Gasteiger partial charge in [0.05, 0.1) is 18.6 Å². The Morgan fingerprint density at radius 1 is 0.875 bits per heavy atom. The van der Waals surface area contributed by atoms with Gasteiger partial charge in [0.15, 0.2) is 0 Å². The molecule has 1 amide bonds. The highest BCUT2D eigenvalue weighted by molar-refractivity contribution is 6.11. The molecule has 0 radical (unpaired) electrons. The van der Waals surface area contributed by atoms with Gasteiger partial charge in [0.2, 0.25) is 0 Å². The number of rotatable bonds is 13. The van der Waals surface area contributed by atoms with Crippen LogP contribution in [0.3, 0.4) is 0 Å². The number of aromatic nitrogens is 1. The van der Waals surface area contributed by atoms with Crippen molar-refractivity contribution < 1.29 is 38.5 Å². The summed E-state index contributed by atoms with van der Waals surface area (Å²) in [6, 6.07) is 17.5. The molecular formula is C37H43F2N3O6. The average molecular weight is 664 g/mol. The number of nitrogens with zero attached hydrogens (tertiary/aromatic N) is 2. The van der Waals surface area contributed by atoms with E-state index in [1.807, 2.05) is 44.5 Å². The van der Waals surface area contributed by atoms with Crippen LogP contribution in [0.25, 0.3) is 22.3 Å². The van der Waals surface area contributed by atoms with Crippen LogP contribution in [0.4, 0.5) is 14.5 Å². The number of hydrogen-bond acceptors (Lipinski definition) is 6. The van der Waals surface area contributed by atoms with Crippen LogP contribution < -0.4 is 5.32 Å². The van der Waals surface area contributed by atoms with Crippen molar-refractivity contribution in [1.82, 2.24) is 9.47 Å². The first-order valence-electron chi connectivity index (χ1n) is 15.6. The molecule has 0 saturated carbocycles. The summed E-state index contributed by atoms with van der Waals surface area (Å²) in [6.45, 7) is 3.76. The number of benzene rings is 3. The number of carbonyl (C=O) groups excluding carboxylic acids is 2. The highest BCUT2D eigenvalue weighted by Gasteiger charge is 2.30. The third kappa shape index (κ3) is 10.4. The Hall–Kier alpha value is -4.71. The number of aliphatic carboxylic acids is 1. The first-order chi connectivity index (χ1) is 22.7. The van der Waals surface area contributed by atoms with E-state index in [0.717, 1.165) is 0 Å². The van der Waals surface area contributed by atoms with Crippen LogP contribution in [0.2, 0.25) is 0 Å². The minimum atomic E-state index is -1.24. The Morgan fingerprint density at radius 2 is 1.42 bits per heavy atom. The maximum atomic E-state index is 14.1. The molecule has 0 aliphatic heterocycles. The molecule has 3 aromatic carbocycles. The summed E-state index contributed by atoms with van der Waals surface area (Å²) in [5, 5.41) is 32.7. The van der Waals surface area contributed by atoms with E-state index >= 15 is 0 Å². The van der Waals surface area contributed by atoms with E-state index in [2.05, 4.69) is 5.32 Å². The van der Waals surface area contributed by atoms with Crippen molar-refractivity contribution in [3.05, 3.63) is 101 Å². The van der Waals surface area contributed by atoms with E-state index in [0.29, 0.717) is 45.5 Å². The molecule has 48 heavy (non-hydrogen) atoms. The van der Waals surface area contributed by atoms with Gasteiger partial charge in [-0.2, -0.15) is 0 Å². The van der Waals surface area contributed by atoms with Gasteiger partial charge >= 0.3 is 5.97 Å². The SMILES string of the molecule is CC(C)n1c(CCC(O)CC(O)CC(=O)O)c(-c2ccc(F)cc2)c(-c2ccc(F)cc2)c1C(=O)Nc1cccc(C=O)c1.CN(C)C. The Kier molecular flexibility index (Phi) is 13.7. The maximum absolute atomic E-state index is 14.1. The first-order valence-corrected chi connectivity index (χ1v) is 15.6. The number of anilines is 1. The molecule has 0 spiro atoms. The third-order valence-corrected chi connectivity index (χ3v) is 7.25. The monoisotopic (exact) mass is 663 g/mol. The van der Waals surface area contributed by atoms with Gasteiger partial charge in [-0.05, 0) is 102 Å². The molecule has 0 aliphatic rings. The van der Waals surface area contributed by atoms with Gasteiger partial charge in [-0.1, -0.05) is 36.4 Å². The molecule has 1 heterocycles. The second-order valence-electron chi connectivity index (χ2n) is 12.2. The van der Waals surface area contributed by atoms with Crippen LogP contribution in [0.15, 0.2) is 72.8 Å².